The molecule has 0 saturated heterocycles. The third-order valence-corrected chi connectivity index (χ3v) is 3.75. The average molecular weight is 233 g/mol. The van der Waals surface area contributed by atoms with Gasteiger partial charge in [-0.25, -0.2) is 0 Å². The Morgan fingerprint density at radius 2 is 1.88 bits per heavy atom. The Labute approximate surface area is 104 Å². The van der Waals surface area contributed by atoms with Gasteiger partial charge in [-0.1, -0.05) is 31.2 Å². The SMILES string of the molecule is CC1CCC(NCCc2ccc(CO)cc2)C1. The first-order valence-corrected chi connectivity index (χ1v) is 6.70. The van der Waals surface area contributed by atoms with Crippen LogP contribution in [0, 0.1) is 5.92 Å². The van der Waals surface area contributed by atoms with Crippen molar-refractivity contribution in [3.8, 4) is 0 Å². The lowest BCUT2D eigenvalue weighted by Crippen LogP contribution is -2.28. The highest BCUT2D eigenvalue weighted by atomic mass is 16.3. The fourth-order valence-corrected chi connectivity index (χ4v) is 2.62. The fourth-order valence-electron chi connectivity index (χ4n) is 2.62. The third kappa shape index (κ3) is 3.83. The summed E-state index contributed by atoms with van der Waals surface area (Å²) in [4.78, 5) is 0. The summed E-state index contributed by atoms with van der Waals surface area (Å²) in [5.41, 5.74) is 2.34. The van der Waals surface area contributed by atoms with Gasteiger partial charge in [-0.3, -0.25) is 0 Å². The number of benzene rings is 1. The molecule has 2 rings (SSSR count). The van der Waals surface area contributed by atoms with Crippen LogP contribution in [0.2, 0.25) is 0 Å². The number of rotatable bonds is 5. The smallest absolute Gasteiger partial charge is 0.0681 e. The number of aliphatic hydroxyl groups excluding tert-OH is 1. The van der Waals surface area contributed by atoms with Crippen LogP contribution < -0.4 is 5.32 Å². The number of hydrogen-bond donors (Lipinski definition) is 2. The molecule has 2 unspecified atom stereocenters. The van der Waals surface area contributed by atoms with Gasteiger partial charge in [0.05, 0.1) is 6.61 Å². The van der Waals surface area contributed by atoms with Crippen LogP contribution in [0.4, 0.5) is 0 Å². The molecule has 0 aliphatic heterocycles. The first-order chi connectivity index (χ1) is 8.28. The maximum atomic E-state index is 8.96. The summed E-state index contributed by atoms with van der Waals surface area (Å²) in [5.74, 6) is 0.899. The van der Waals surface area contributed by atoms with Crippen molar-refractivity contribution in [2.45, 2.75) is 45.3 Å². The summed E-state index contributed by atoms with van der Waals surface area (Å²) in [6.45, 7) is 3.55. The van der Waals surface area contributed by atoms with Gasteiger partial charge < -0.3 is 10.4 Å². The Morgan fingerprint density at radius 1 is 1.18 bits per heavy atom. The maximum Gasteiger partial charge on any atom is 0.0681 e. The zero-order valence-electron chi connectivity index (χ0n) is 10.7. The van der Waals surface area contributed by atoms with E-state index in [4.69, 9.17) is 5.11 Å². The molecule has 2 heteroatoms. The predicted molar refractivity (Wildman–Crippen MR) is 70.9 cm³/mol. The van der Waals surface area contributed by atoms with Crippen molar-refractivity contribution in [2.75, 3.05) is 6.54 Å². The summed E-state index contributed by atoms with van der Waals surface area (Å²) < 4.78 is 0. The van der Waals surface area contributed by atoms with Crippen LogP contribution in [-0.4, -0.2) is 17.7 Å². The average Bonchev–Trinajstić information content (AvgIpc) is 2.76. The van der Waals surface area contributed by atoms with Crippen LogP contribution in [0.3, 0.4) is 0 Å². The van der Waals surface area contributed by atoms with E-state index >= 15 is 0 Å². The second kappa shape index (κ2) is 6.18. The molecule has 1 saturated carbocycles. The minimum Gasteiger partial charge on any atom is -0.392 e. The van der Waals surface area contributed by atoms with Crippen LogP contribution in [0.15, 0.2) is 24.3 Å². The van der Waals surface area contributed by atoms with Crippen LogP contribution >= 0.6 is 0 Å². The molecule has 2 atom stereocenters. The summed E-state index contributed by atoms with van der Waals surface area (Å²) in [6.07, 6.45) is 5.13. The number of aliphatic hydroxyl groups is 1. The van der Waals surface area contributed by atoms with Crippen molar-refractivity contribution in [3.05, 3.63) is 35.4 Å². The normalized spacial score (nSPS) is 24.1. The molecule has 0 aromatic heterocycles. The first-order valence-electron chi connectivity index (χ1n) is 6.70. The Morgan fingerprint density at radius 3 is 2.47 bits per heavy atom. The van der Waals surface area contributed by atoms with Gasteiger partial charge in [0.15, 0.2) is 0 Å². The van der Waals surface area contributed by atoms with E-state index in [1.54, 1.807) is 0 Å². The van der Waals surface area contributed by atoms with Crippen LogP contribution in [0.25, 0.3) is 0 Å². The van der Waals surface area contributed by atoms with E-state index in [2.05, 4.69) is 24.4 Å². The van der Waals surface area contributed by atoms with Crippen molar-refractivity contribution in [2.24, 2.45) is 5.92 Å². The summed E-state index contributed by atoms with van der Waals surface area (Å²) in [5, 5.41) is 12.6. The van der Waals surface area contributed by atoms with Gasteiger partial charge in [0, 0.05) is 6.04 Å². The Balaban J connectivity index is 1.70. The van der Waals surface area contributed by atoms with Gasteiger partial charge in [0.2, 0.25) is 0 Å². The summed E-state index contributed by atoms with van der Waals surface area (Å²) >= 11 is 0. The Hall–Kier alpha value is -0.860. The molecular formula is C15H23NO. The van der Waals surface area contributed by atoms with Gasteiger partial charge >= 0.3 is 0 Å². The highest BCUT2D eigenvalue weighted by molar-refractivity contribution is 5.22. The first kappa shape index (κ1) is 12.6. The van der Waals surface area contributed by atoms with Gasteiger partial charge in [0.1, 0.15) is 0 Å². The molecule has 1 aliphatic carbocycles. The largest absolute Gasteiger partial charge is 0.392 e. The molecule has 0 spiro atoms. The van der Waals surface area contributed by atoms with E-state index in [1.165, 1.54) is 24.8 Å². The lowest BCUT2D eigenvalue weighted by molar-refractivity contribution is 0.282. The van der Waals surface area contributed by atoms with E-state index in [0.717, 1.165) is 30.5 Å². The lowest BCUT2D eigenvalue weighted by atomic mass is 10.1. The van der Waals surface area contributed by atoms with Crippen LogP contribution in [-0.2, 0) is 13.0 Å². The quantitative estimate of drug-likeness (QED) is 0.819. The van der Waals surface area contributed by atoms with Crippen molar-refractivity contribution in [3.63, 3.8) is 0 Å². The highest BCUT2D eigenvalue weighted by Crippen LogP contribution is 2.24. The highest BCUT2D eigenvalue weighted by Gasteiger charge is 2.19. The maximum absolute atomic E-state index is 8.96. The van der Waals surface area contributed by atoms with Crippen molar-refractivity contribution in [1.29, 1.82) is 0 Å². The Bertz CT molecular complexity index is 333. The third-order valence-electron chi connectivity index (χ3n) is 3.75. The summed E-state index contributed by atoms with van der Waals surface area (Å²) in [6, 6.07) is 8.98. The molecule has 2 N–H and O–H groups in total. The van der Waals surface area contributed by atoms with Gasteiger partial charge in [-0.2, -0.15) is 0 Å². The van der Waals surface area contributed by atoms with Crippen molar-refractivity contribution < 1.29 is 5.11 Å². The van der Waals surface area contributed by atoms with Crippen molar-refractivity contribution >= 4 is 0 Å². The second-order valence-corrected chi connectivity index (χ2v) is 5.29. The fraction of sp³-hybridized carbons (Fsp3) is 0.600. The van der Waals surface area contributed by atoms with Gasteiger partial charge in [0.25, 0.3) is 0 Å². The van der Waals surface area contributed by atoms with Gasteiger partial charge in [-0.15, -0.1) is 0 Å². The topological polar surface area (TPSA) is 32.3 Å². The molecular weight excluding hydrogens is 210 g/mol. The number of hydrogen-bond acceptors (Lipinski definition) is 2. The molecule has 0 bridgehead atoms. The molecule has 1 aliphatic rings. The zero-order chi connectivity index (χ0) is 12.1. The monoisotopic (exact) mass is 233 g/mol. The van der Waals surface area contributed by atoms with Gasteiger partial charge in [-0.05, 0) is 49.3 Å². The summed E-state index contributed by atoms with van der Waals surface area (Å²) in [7, 11) is 0. The van der Waals surface area contributed by atoms with Crippen LogP contribution in [0.5, 0.6) is 0 Å². The predicted octanol–water partition coefficient (Wildman–Crippen LogP) is 2.50. The molecule has 1 fully saturated rings. The second-order valence-electron chi connectivity index (χ2n) is 5.29. The zero-order valence-corrected chi connectivity index (χ0v) is 10.7. The molecule has 0 amide bonds. The molecule has 94 valence electrons. The molecule has 1 aromatic carbocycles. The molecule has 17 heavy (non-hydrogen) atoms. The molecule has 0 radical (unpaired) electrons. The van der Waals surface area contributed by atoms with E-state index in [9.17, 15) is 0 Å². The van der Waals surface area contributed by atoms with E-state index in [1.807, 2.05) is 12.1 Å². The lowest BCUT2D eigenvalue weighted by Gasteiger charge is -2.12. The van der Waals surface area contributed by atoms with E-state index in [0.29, 0.717) is 0 Å². The Kier molecular flexibility index (Phi) is 4.57. The van der Waals surface area contributed by atoms with E-state index < -0.39 is 0 Å². The van der Waals surface area contributed by atoms with Crippen LogP contribution in [0.1, 0.15) is 37.3 Å². The minimum atomic E-state index is 0.137. The van der Waals surface area contributed by atoms with E-state index in [-0.39, 0.29) is 6.61 Å². The minimum absolute atomic E-state index is 0.137. The number of nitrogens with one attached hydrogen (secondary N) is 1. The molecule has 2 nitrogen and oxygen atoms in total. The van der Waals surface area contributed by atoms with Crippen molar-refractivity contribution in [1.82, 2.24) is 5.32 Å². The molecule has 1 aromatic rings. The standard InChI is InChI=1S/C15H23NO/c1-12-2-7-15(10-12)16-9-8-13-3-5-14(11-17)6-4-13/h3-6,12,15-17H,2,7-11H2,1H3. The molecule has 0 heterocycles.